The van der Waals surface area contributed by atoms with E-state index in [9.17, 15) is 9.18 Å². The number of allylic oxidation sites excluding steroid dienone is 5. The van der Waals surface area contributed by atoms with Crippen molar-refractivity contribution in [3.8, 4) is 0 Å². The van der Waals surface area contributed by atoms with Gasteiger partial charge < -0.3 is 9.64 Å². The fraction of sp³-hybridized carbons (Fsp3) is 0.409. The van der Waals surface area contributed by atoms with E-state index in [2.05, 4.69) is 43.5 Å². The number of methoxy groups -OCH3 is 1. The molecule has 1 aliphatic heterocycles. The largest absolute Gasteiger partial charge is 0.466 e. The van der Waals surface area contributed by atoms with Gasteiger partial charge in [0.2, 0.25) is 0 Å². The maximum atomic E-state index is 14.7. The molecule has 0 amide bonds. The predicted molar refractivity (Wildman–Crippen MR) is 106 cm³/mol. The highest BCUT2D eigenvalue weighted by Gasteiger charge is 2.32. The summed E-state index contributed by atoms with van der Waals surface area (Å²) in [6, 6.07) is 4.51. The Balaban J connectivity index is 2.38. The molecule has 0 saturated carbocycles. The summed E-state index contributed by atoms with van der Waals surface area (Å²) in [7, 11) is 3.42. The molecule has 1 aromatic carbocycles. The fourth-order valence-corrected chi connectivity index (χ4v) is 3.55. The number of anilines is 1. The van der Waals surface area contributed by atoms with E-state index < -0.39 is 5.97 Å². The zero-order valence-electron chi connectivity index (χ0n) is 16.7. The predicted octanol–water partition coefficient (Wildman–Crippen LogP) is 5.31. The number of hydrogen-bond donors (Lipinski definition) is 0. The number of rotatable bonds is 4. The number of ether oxygens (including phenoxy) is 1. The Morgan fingerprint density at radius 1 is 1.23 bits per heavy atom. The van der Waals surface area contributed by atoms with Gasteiger partial charge >= 0.3 is 5.97 Å². The van der Waals surface area contributed by atoms with Crippen LogP contribution in [-0.2, 0) is 9.53 Å². The summed E-state index contributed by atoms with van der Waals surface area (Å²) in [6.45, 7) is 10.0. The Bertz CT molecular complexity index is 805. The second-order valence-corrected chi connectivity index (χ2v) is 7.03. The number of hydrogen-bond acceptors (Lipinski definition) is 3. The average Bonchev–Trinajstić information content (AvgIpc) is 2.84. The molecule has 1 aromatic rings. The van der Waals surface area contributed by atoms with Crippen molar-refractivity contribution in [1.29, 1.82) is 0 Å². The van der Waals surface area contributed by atoms with E-state index in [4.69, 9.17) is 0 Å². The molecule has 1 heterocycles. The quantitative estimate of drug-likeness (QED) is 0.415. The van der Waals surface area contributed by atoms with Crippen LogP contribution in [-0.4, -0.2) is 26.2 Å². The molecule has 2 unspecified atom stereocenters. The highest BCUT2D eigenvalue weighted by molar-refractivity contribution is 5.83. The van der Waals surface area contributed by atoms with Crippen LogP contribution in [0.15, 0.2) is 41.8 Å². The standard InChI is InChI=1S/C22H28FNO2/c1-13(12-21(25)26-7)8-10-19(23)15(3)18-9-11-20-22(16(18)4)14(2)17(5)24(20)6/h8-12,14,17H,1-7H3. The summed E-state index contributed by atoms with van der Waals surface area (Å²) in [5.41, 5.74) is 5.82. The van der Waals surface area contributed by atoms with E-state index in [1.54, 1.807) is 19.9 Å². The van der Waals surface area contributed by atoms with Gasteiger partial charge in [-0.25, -0.2) is 9.18 Å². The van der Waals surface area contributed by atoms with E-state index in [1.165, 1.54) is 30.5 Å². The molecule has 0 radical (unpaired) electrons. The van der Waals surface area contributed by atoms with Crippen LogP contribution < -0.4 is 4.90 Å². The van der Waals surface area contributed by atoms with Gasteiger partial charge in [0.15, 0.2) is 0 Å². The molecule has 0 spiro atoms. The highest BCUT2D eigenvalue weighted by atomic mass is 19.1. The van der Waals surface area contributed by atoms with Crippen molar-refractivity contribution in [3.63, 3.8) is 0 Å². The third-order valence-corrected chi connectivity index (χ3v) is 5.46. The van der Waals surface area contributed by atoms with Crippen LogP contribution in [0.1, 0.15) is 50.3 Å². The Hall–Kier alpha value is -2.36. The Labute approximate surface area is 155 Å². The van der Waals surface area contributed by atoms with Gasteiger partial charge in [-0.05, 0) is 67.7 Å². The molecule has 2 rings (SSSR count). The van der Waals surface area contributed by atoms with E-state index >= 15 is 0 Å². The van der Waals surface area contributed by atoms with Gasteiger partial charge in [-0.2, -0.15) is 0 Å². The number of esters is 1. The molecule has 0 saturated heterocycles. The summed E-state index contributed by atoms with van der Waals surface area (Å²) in [4.78, 5) is 13.5. The normalized spacial score (nSPS) is 21.1. The fourth-order valence-electron chi connectivity index (χ4n) is 3.55. The number of likely N-dealkylation sites (N-methyl/N-ethyl adjacent to an activating group) is 1. The number of carbonyl (C=O) groups excluding carboxylic acids is 1. The molecule has 2 atom stereocenters. The van der Waals surface area contributed by atoms with E-state index in [-0.39, 0.29) is 5.83 Å². The Morgan fingerprint density at radius 3 is 2.50 bits per heavy atom. The highest BCUT2D eigenvalue weighted by Crippen LogP contribution is 2.43. The zero-order chi connectivity index (χ0) is 19.6. The first kappa shape index (κ1) is 20.0. The van der Waals surface area contributed by atoms with Crippen LogP contribution in [0.5, 0.6) is 0 Å². The summed E-state index contributed by atoms with van der Waals surface area (Å²) in [5, 5.41) is 0. The van der Waals surface area contributed by atoms with Crippen molar-refractivity contribution in [2.24, 2.45) is 0 Å². The van der Waals surface area contributed by atoms with Gasteiger partial charge in [0.05, 0.1) is 7.11 Å². The molecule has 0 aromatic heterocycles. The molecular weight excluding hydrogens is 329 g/mol. The maximum absolute atomic E-state index is 14.7. The monoisotopic (exact) mass is 357 g/mol. The lowest BCUT2D eigenvalue weighted by Crippen LogP contribution is -2.25. The summed E-state index contributed by atoms with van der Waals surface area (Å²) in [6.07, 6.45) is 4.31. The van der Waals surface area contributed by atoms with Crippen LogP contribution in [0.25, 0.3) is 5.57 Å². The second-order valence-electron chi connectivity index (χ2n) is 7.03. The minimum atomic E-state index is -0.449. The minimum absolute atomic E-state index is 0.308. The van der Waals surface area contributed by atoms with E-state index in [1.807, 2.05) is 6.07 Å². The smallest absolute Gasteiger partial charge is 0.330 e. The molecule has 26 heavy (non-hydrogen) atoms. The molecule has 3 nitrogen and oxygen atoms in total. The van der Waals surface area contributed by atoms with Crippen molar-refractivity contribution < 1.29 is 13.9 Å². The van der Waals surface area contributed by atoms with Crippen LogP contribution in [0.4, 0.5) is 10.1 Å². The number of carbonyl (C=O) groups is 1. The SMILES string of the molecule is COC(=O)C=C(C)C=CC(F)=C(C)c1ccc2c(c1C)C(C)C(C)N2C. The summed E-state index contributed by atoms with van der Waals surface area (Å²) < 4.78 is 19.3. The van der Waals surface area contributed by atoms with Crippen LogP contribution >= 0.6 is 0 Å². The lowest BCUT2D eigenvalue weighted by Gasteiger charge is -2.20. The zero-order valence-corrected chi connectivity index (χ0v) is 16.7. The molecule has 1 aliphatic rings. The molecule has 0 aliphatic carbocycles. The van der Waals surface area contributed by atoms with Crippen LogP contribution in [0.2, 0.25) is 0 Å². The topological polar surface area (TPSA) is 29.5 Å². The first-order valence-corrected chi connectivity index (χ1v) is 8.86. The molecule has 140 valence electrons. The van der Waals surface area contributed by atoms with Crippen LogP contribution in [0.3, 0.4) is 0 Å². The number of benzene rings is 1. The van der Waals surface area contributed by atoms with E-state index in [0.717, 1.165) is 11.1 Å². The van der Waals surface area contributed by atoms with E-state index in [0.29, 0.717) is 23.1 Å². The Morgan fingerprint density at radius 2 is 1.88 bits per heavy atom. The third kappa shape index (κ3) is 3.74. The molecule has 4 heteroatoms. The summed E-state index contributed by atoms with van der Waals surface area (Å²) in [5.74, 6) is -0.348. The number of nitrogens with zero attached hydrogens (tertiary/aromatic N) is 1. The van der Waals surface area contributed by atoms with Gasteiger partial charge in [-0.1, -0.05) is 19.1 Å². The van der Waals surface area contributed by atoms with Crippen molar-refractivity contribution in [1.82, 2.24) is 0 Å². The van der Waals surface area contributed by atoms with Crippen molar-refractivity contribution >= 4 is 17.2 Å². The van der Waals surface area contributed by atoms with Gasteiger partial charge in [0.1, 0.15) is 5.83 Å². The Kier molecular flexibility index (Phi) is 6.06. The molecule has 0 N–H and O–H groups in total. The average molecular weight is 357 g/mol. The van der Waals surface area contributed by atoms with Gasteiger partial charge in [-0.15, -0.1) is 0 Å². The lowest BCUT2D eigenvalue weighted by atomic mass is 9.89. The first-order chi connectivity index (χ1) is 12.2. The molecule has 0 bridgehead atoms. The van der Waals surface area contributed by atoms with Crippen molar-refractivity contribution in [2.45, 2.75) is 46.6 Å². The van der Waals surface area contributed by atoms with Crippen molar-refractivity contribution in [3.05, 3.63) is 58.5 Å². The van der Waals surface area contributed by atoms with Crippen molar-refractivity contribution in [2.75, 3.05) is 19.1 Å². The van der Waals surface area contributed by atoms with Gasteiger partial charge in [0, 0.05) is 30.8 Å². The van der Waals surface area contributed by atoms with Gasteiger partial charge in [-0.3, -0.25) is 0 Å². The lowest BCUT2D eigenvalue weighted by molar-refractivity contribution is -0.134. The number of halogens is 1. The summed E-state index contributed by atoms with van der Waals surface area (Å²) >= 11 is 0. The van der Waals surface area contributed by atoms with Crippen LogP contribution in [0, 0.1) is 6.92 Å². The first-order valence-electron chi connectivity index (χ1n) is 8.86. The molecular formula is C22H28FNO2. The maximum Gasteiger partial charge on any atom is 0.330 e. The minimum Gasteiger partial charge on any atom is -0.466 e. The number of fused-ring (bicyclic) bond motifs is 1. The third-order valence-electron chi connectivity index (χ3n) is 5.46. The second kappa shape index (κ2) is 7.90. The molecule has 0 fully saturated rings. The van der Waals surface area contributed by atoms with Gasteiger partial charge in [0.25, 0.3) is 0 Å².